The molecule has 0 fully saturated rings. The van der Waals surface area contributed by atoms with Crippen LogP contribution >= 0.6 is 0 Å². The lowest BCUT2D eigenvalue weighted by Gasteiger charge is -2.29. The van der Waals surface area contributed by atoms with Gasteiger partial charge in [-0.3, -0.25) is 4.79 Å². The molecule has 3 unspecified atom stereocenters. The second-order valence-electron chi connectivity index (χ2n) is 8.32. The first-order valence-electron chi connectivity index (χ1n) is 8.95. The van der Waals surface area contributed by atoms with Crippen molar-refractivity contribution in [2.45, 2.75) is 31.3 Å². The zero-order valence-electron chi connectivity index (χ0n) is 16.5. The van der Waals surface area contributed by atoms with Crippen molar-refractivity contribution in [3.63, 3.8) is 0 Å². The van der Waals surface area contributed by atoms with Crippen molar-refractivity contribution in [3.05, 3.63) is 52.6 Å². The van der Waals surface area contributed by atoms with E-state index >= 15 is 0 Å². The normalized spacial score (nSPS) is 22.2. The Kier molecular flexibility index (Phi) is 6.55. The Hall–Kier alpha value is -1.24. The van der Waals surface area contributed by atoms with Crippen LogP contribution in [0, 0.1) is 19.8 Å². The first-order chi connectivity index (χ1) is 12.1. The largest absolute Gasteiger partial charge is 1.00 e. The predicted octanol–water partition coefficient (Wildman–Crippen LogP) is -1.13. The molecule has 0 aromatic heterocycles. The maximum Gasteiger partial charge on any atom is 0.183 e. The van der Waals surface area contributed by atoms with E-state index in [0.717, 1.165) is 16.7 Å². The third-order valence-electron chi connectivity index (χ3n) is 5.17. The fourth-order valence-electron chi connectivity index (χ4n) is 3.83. The van der Waals surface area contributed by atoms with Crippen molar-refractivity contribution >= 4 is 21.4 Å². The summed E-state index contributed by atoms with van der Waals surface area (Å²) in [7, 11) is 4.39. The molecule has 27 heavy (non-hydrogen) atoms. The number of aliphatic hydroxyl groups is 1. The van der Waals surface area contributed by atoms with E-state index in [1.807, 2.05) is 65.4 Å². The molecule has 3 rings (SSSR count). The lowest BCUT2D eigenvalue weighted by Crippen LogP contribution is -3.00. The molecule has 6 heteroatoms. The molecule has 0 saturated heterocycles. The average Bonchev–Trinajstić information content (AvgIpc) is 2.55. The van der Waals surface area contributed by atoms with Crippen molar-refractivity contribution in [3.8, 4) is 0 Å². The van der Waals surface area contributed by atoms with Gasteiger partial charge in [-0.15, -0.1) is 10.8 Å². The average molecular weight is 410 g/mol. The number of benzene rings is 1. The van der Waals surface area contributed by atoms with Gasteiger partial charge in [0.25, 0.3) is 0 Å². The van der Waals surface area contributed by atoms with E-state index in [4.69, 9.17) is 0 Å². The minimum absolute atomic E-state index is 0. The van der Waals surface area contributed by atoms with Gasteiger partial charge in [0, 0.05) is 12.0 Å². The molecule has 1 N–H and O–H groups in total. The SMILES string of the molecule is Cc1c(CC(O)C[N+](C)(C)C)cc2c(c1C)[SH+]([O-])=C1C=CC=CC1C2=O.[Cl-]. The highest BCUT2D eigenvalue weighted by Gasteiger charge is 2.36. The summed E-state index contributed by atoms with van der Waals surface area (Å²) >= 11 is 0. The Morgan fingerprint density at radius 3 is 2.52 bits per heavy atom. The van der Waals surface area contributed by atoms with E-state index in [1.165, 1.54) is 0 Å². The molecule has 1 heterocycles. The lowest BCUT2D eigenvalue weighted by molar-refractivity contribution is -0.873. The first-order valence-corrected chi connectivity index (χ1v) is 10.2. The van der Waals surface area contributed by atoms with Crippen molar-refractivity contribution in [2.24, 2.45) is 5.92 Å². The number of likely N-dealkylation sites (N-methyl/N-ethyl adjacent to an activating group) is 1. The summed E-state index contributed by atoms with van der Waals surface area (Å²) < 4.78 is 13.8. The third kappa shape index (κ3) is 4.28. The number of carbonyl (C=O) groups is 1. The summed E-state index contributed by atoms with van der Waals surface area (Å²) in [6, 6.07) is 1.87. The molecule has 1 aromatic rings. The summed E-state index contributed by atoms with van der Waals surface area (Å²) in [5.41, 5.74) is 3.47. The van der Waals surface area contributed by atoms with Gasteiger partial charge in [0.1, 0.15) is 28.3 Å². The van der Waals surface area contributed by atoms with Gasteiger partial charge in [0.15, 0.2) is 5.78 Å². The van der Waals surface area contributed by atoms with E-state index in [9.17, 15) is 14.5 Å². The number of ketones is 1. The number of thiol groups is 1. The van der Waals surface area contributed by atoms with Gasteiger partial charge in [-0.25, -0.2) is 0 Å². The van der Waals surface area contributed by atoms with Crippen LogP contribution in [-0.4, -0.2) is 58.6 Å². The molecule has 2 aliphatic rings. The number of fused-ring (bicyclic) bond motifs is 2. The summed E-state index contributed by atoms with van der Waals surface area (Å²) in [5, 5.41) is 10.5. The summed E-state index contributed by atoms with van der Waals surface area (Å²) in [5.74, 6) is -0.405. The smallest absolute Gasteiger partial charge is 0.183 e. The zero-order valence-corrected chi connectivity index (χ0v) is 18.1. The topological polar surface area (TPSA) is 60.4 Å². The number of aliphatic hydroxyl groups excluding tert-OH is 1. The van der Waals surface area contributed by atoms with Crippen molar-refractivity contribution in [2.75, 3.05) is 27.7 Å². The van der Waals surface area contributed by atoms with E-state index in [0.29, 0.717) is 32.8 Å². The molecule has 1 aromatic carbocycles. The van der Waals surface area contributed by atoms with Gasteiger partial charge in [0.2, 0.25) is 0 Å². The van der Waals surface area contributed by atoms with Gasteiger partial charge < -0.3 is 26.5 Å². The first kappa shape index (κ1) is 22.1. The molecule has 0 amide bonds. The minimum Gasteiger partial charge on any atom is -1.00 e. The van der Waals surface area contributed by atoms with Crippen LogP contribution in [0.25, 0.3) is 0 Å². The van der Waals surface area contributed by atoms with Crippen molar-refractivity contribution in [1.29, 1.82) is 0 Å². The molecule has 4 nitrogen and oxygen atoms in total. The highest BCUT2D eigenvalue weighted by molar-refractivity contribution is 7.91. The second-order valence-corrected chi connectivity index (χ2v) is 9.87. The van der Waals surface area contributed by atoms with Crippen LogP contribution in [0.4, 0.5) is 0 Å². The summed E-state index contributed by atoms with van der Waals surface area (Å²) in [6.45, 7) is 4.56. The number of hydrogen-bond acceptors (Lipinski definition) is 3. The highest BCUT2D eigenvalue weighted by atomic mass is 35.5. The Bertz CT molecular complexity index is 865. The minimum atomic E-state index is -1.74. The Morgan fingerprint density at radius 1 is 1.22 bits per heavy atom. The Morgan fingerprint density at radius 2 is 1.89 bits per heavy atom. The van der Waals surface area contributed by atoms with Crippen molar-refractivity contribution in [1.82, 2.24) is 0 Å². The number of nitrogens with zero attached hydrogens (tertiary/aromatic N) is 1. The Labute approximate surface area is 170 Å². The number of allylic oxidation sites excluding steroid dienone is 4. The van der Waals surface area contributed by atoms with Crippen LogP contribution in [0.1, 0.15) is 27.0 Å². The third-order valence-corrected chi connectivity index (χ3v) is 7.05. The van der Waals surface area contributed by atoms with E-state index in [2.05, 4.69) is 0 Å². The van der Waals surface area contributed by atoms with Crippen LogP contribution in [0.5, 0.6) is 0 Å². The van der Waals surface area contributed by atoms with Crippen molar-refractivity contribution < 1.29 is 31.3 Å². The number of quaternary nitrogens is 1. The number of hydrogen-bond donors (Lipinski definition) is 1. The molecule has 0 bridgehead atoms. The molecule has 0 radical (unpaired) electrons. The zero-order chi connectivity index (χ0) is 19.2. The van der Waals surface area contributed by atoms with Crippen LogP contribution in [0.2, 0.25) is 0 Å². The Balaban J connectivity index is 0.00000261. The molecule has 148 valence electrons. The predicted molar refractivity (Wildman–Crippen MR) is 107 cm³/mol. The van der Waals surface area contributed by atoms with Crippen LogP contribution in [-0.2, 0) is 17.2 Å². The molecule has 1 aliphatic heterocycles. The number of halogens is 1. The fraction of sp³-hybridized carbons (Fsp3) is 0.429. The molecule has 3 atom stereocenters. The quantitative estimate of drug-likeness (QED) is 0.296. The van der Waals surface area contributed by atoms with Crippen LogP contribution in [0.15, 0.2) is 35.3 Å². The second kappa shape index (κ2) is 8.02. The number of rotatable bonds is 4. The van der Waals surface area contributed by atoms with Gasteiger partial charge >= 0.3 is 0 Å². The maximum absolute atomic E-state index is 13.1. The number of Topliss-reactive ketones (excluding diaryl/α,β-unsaturated/α-hetero) is 1. The maximum atomic E-state index is 13.1. The van der Waals surface area contributed by atoms with Gasteiger partial charge in [-0.2, -0.15) is 0 Å². The molecular weight excluding hydrogens is 382 g/mol. The molecule has 0 saturated carbocycles. The van der Waals surface area contributed by atoms with Gasteiger partial charge in [0.05, 0.1) is 26.7 Å². The molecular formula is C21H28ClNO3S. The van der Waals surface area contributed by atoms with Gasteiger partial charge in [-0.05, 0) is 37.1 Å². The summed E-state index contributed by atoms with van der Waals surface area (Å²) in [6.07, 6.45) is 7.34. The lowest BCUT2D eigenvalue weighted by atomic mass is 9.87. The van der Waals surface area contributed by atoms with Gasteiger partial charge in [-0.1, -0.05) is 18.2 Å². The van der Waals surface area contributed by atoms with E-state index in [-0.39, 0.29) is 18.2 Å². The monoisotopic (exact) mass is 409 g/mol. The molecule has 0 spiro atoms. The highest BCUT2D eigenvalue weighted by Crippen LogP contribution is 2.34. The van der Waals surface area contributed by atoms with Crippen LogP contribution < -0.4 is 12.4 Å². The van der Waals surface area contributed by atoms with E-state index in [1.54, 1.807) is 0 Å². The fourth-order valence-corrected chi connectivity index (χ4v) is 5.63. The standard InChI is InChI=1S/C21H28NO3S.ClH/c1-13-14(2)21-18(11-15(13)10-16(23)12-22(3,4)5)20(24)17-8-6-7-9-19(17)26(21)25;/h6-9,11,16-17,23,26H,10,12H2,1-5H3;1H/q+1;/p-1. The number of carbonyl (C=O) groups excluding carboxylic acids is 1. The van der Waals surface area contributed by atoms with E-state index < -0.39 is 22.8 Å². The van der Waals surface area contributed by atoms with Crippen LogP contribution in [0.3, 0.4) is 0 Å². The molecule has 1 aliphatic carbocycles. The summed E-state index contributed by atoms with van der Waals surface area (Å²) in [4.78, 5) is 14.4.